The van der Waals surface area contributed by atoms with Crippen LogP contribution in [0.15, 0.2) is 34.6 Å². The van der Waals surface area contributed by atoms with Gasteiger partial charge in [-0.3, -0.25) is 0 Å². The Hall–Kier alpha value is -1.35. The van der Waals surface area contributed by atoms with Gasteiger partial charge in [-0.05, 0) is 25.0 Å². The van der Waals surface area contributed by atoms with Gasteiger partial charge in [0.1, 0.15) is 0 Å². The lowest BCUT2D eigenvalue weighted by Gasteiger charge is -2.01. The van der Waals surface area contributed by atoms with Gasteiger partial charge in [0.2, 0.25) is 0 Å². The molecular weight excluding hydrogens is 216 g/mol. The van der Waals surface area contributed by atoms with Crippen LogP contribution in [0.2, 0.25) is 0 Å². The van der Waals surface area contributed by atoms with E-state index >= 15 is 0 Å². The van der Waals surface area contributed by atoms with Gasteiger partial charge in [0.05, 0.1) is 5.69 Å². The Morgan fingerprint density at radius 1 is 1.31 bits per heavy atom. The summed E-state index contributed by atoms with van der Waals surface area (Å²) in [6, 6.07) is 8.32. The SMILES string of the molecule is CCc1ccccc1N=c1scc(C)n1C. The third-order valence-electron chi connectivity index (χ3n) is 2.74. The molecule has 0 saturated carbocycles. The quantitative estimate of drug-likeness (QED) is 0.756. The fourth-order valence-electron chi connectivity index (χ4n) is 1.57. The Labute approximate surface area is 99.9 Å². The van der Waals surface area contributed by atoms with E-state index in [9.17, 15) is 0 Å². The number of aromatic nitrogens is 1. The van der Waals surface area contributed by atoms with E-state index in [1.807, 2.05) is 6.07 Å². The van der Waals surface area contributed by atoms with Gasteiger partial charge in [0, 0.05) is 18.1 Å². The van der Waals surface area contributed by atoms with Crippen molar-refractivity contribution in [3.8, 4) is 0 Å². The number of rotatable bonds is 2. The highest BCUT2D eigenvalue weighted by Crippen LogP contribution is 2.18. The molecule has 2 rings (SSSR count). The topological polar surface area (TPSA) is 17.3 Å². The minimum absolute atomic E-state index is 1.02. The maximum absolute atomic E-state index is 4.71. The van der Waals surface area contributed by atoms with Crippen LogP contribution in [0.3, 0.4) is 0 Å². The van der Waals surface area contributed by atoms with E-state index in [0.29, 0.717) is 0 Å². The van der Waals surface area contributed by atoms with Gasteiger partial charge in [-0.1, -0.05) is 25.1 Å². The summed E-state index contributed by atoms with van der Waals surface area (Å²) >= 11 is 1.69. The monoisotopic (exact) mass is 232 g/mol. The third-order valence-corrected chi connectivity index (χ3v) is 3.77. The molecule has 0 amide bonds. The van der Waals surface area contributed by atoms with Crippen LogP contribution in [0.1, 0.15) is 18.2 Å². The second kappa shape index (κ2) is 4.66. The van der Waals surface area contributed by atoms with Crippen LogP contribution in [0.25, 0.3) is 0 Å². The molecule has 1 heterocycles. The second-order valence-corrected chi connectivity index (χ2v) is 4.65. The number of hydrogen-bond donors (Lipinski definition) is 0. The molecule has 1 aromatic heterocycles. The molecule has 0 aliphatic heterocycles. The number of aryl methyl sites for hydroxylation is 2. The molecule has 16 heavy (non-hydrogen) atoms. The van der Waals surface area contributed by atoms with Gasteiger partial charge in [-0.15, -0.1) is 11.3 Å². The first-order valence-corrected chi connectivity index (χ1v) is 6.34. The minimum Gasteiger partial charge on any atom is -0.324 e. The Bertz CT molecular complexity index is 549. The first-order chi connectivity index (χ1) is 7.72. The third kappa shape index (κ3) is 2.09. The van der Waals surface area contributed by atoms with E-state index in [0.717, 1.165) is 16.9 Å². The highest BCUT2D eigenvalue weighted by Gasteiger charge is 1.99. The van der Waals surface area contributed by atoms with Crippen LogP contribution < -0.4 is 4.80 Å². The van der Waals surface area contributed by atoms with Gasteiger partial charge >= 0.3 is 0 Å². The molecule has 0 bridgehead atoms. The number of hydrogen-bond acceptors (Lipinski definition) is 2. The lowest BCUT2D eigenvalue weighted by atomic mass is 10.1. The summed E-state index contributed by atoms with van der Waals surface area (Å²) in [6.07, 6.45) is 1.02. The normalized spacial score (nSPS) is 12.1. The van der Waals surface area contributed by atoms with E-state index in [2.05, 4.69) is 49.0 Å². The Morgan fingerprint density at radius 2 is 2.06 bits per heavy atom. The first-order valence-electron chi connectivity index (χ1n) is 5.46. The highest BCUT2D eigenvalue weighted by molar-refractivity contribution is 7.07. The molecule has 2 aromatic rings. The molecule has 0 atom stereocenters. The molecule has 0 fully saturated rings. The second-order valence-electron chi connectivity index (χ2n) is 3.81. The maximum atomic E-state index is 4.71. The van der Waals surface area contributed by atoms with Crippen molar-refractivity contribution < 1.29 is 0 Å². The standard InChI is InChI=1S/C13H16N2S/c1-4-11-7-5-6-8-12(11)14-13-15(3)10(2)9-16-13/h5-9H,4H2,1-3H3. The van der Waals surface area contributed by atoms with Crippen molar-refractivity contribution in [3.05, 3.63) is 45.7 Å². The van der Waals surface area contributed by atoms with Crippen LogP contribution in [0.5, 0.6) is 0 Å². The van der Waals surface area contributed by atoms with Crippen molar-refractivity contribution in [2.45, 2.75) is 20.3 Å². The van der Waals surface area contributed by atoms with Crippen LogP contribution in [-0.2, 0) is 13.5 Å². The van der Waals surface area contributed by atoms with Gasteiger partial charge in [0.15, 0.2) is 4.80 Å². The number of benzene rings is 1. The molecule has 0 aliphatic carbocycles. The molecule has 0 saturated heterocycles. The summed E-state index contributed by atoms with van der Waals surface area (Å²) < 4.78 is 2.12. The summed E-state index contributed by atoms with van der Waals surface area (Å²) in [4.78, 5) is 5.77. The molecule has 0 aliphatic rings. The molecule has 3 heteroatoms. The fraction of sp³-hybridized carbons (Fsp3) is 0.308. The molecule has 0 spiro atoms. The number of thiazole rings is 1. The van der Waals surface area contributed by atoms with E-state index in [1.165, 1.54) is 11.3 Å². The van der Waals surface area contributed by atoms with Gasteiger partial charge < -0.3 is 4.57 Å². The van der Waals surface area contributed by atoms with E-state index in [-0.39, 0.29) is 0 Å². The molecule has 0 unspecified atom stereocenters. The zero-order chi connectivity index (χ0) is 11.5. The van der Waals surface area contributed by atoms with Crippen LogP contribution in [0.4, 0.5) is 5.69 Å². The van der Waals surface area contributed by atoms with Gasteiger partial charge in [-0.2, -0.15) is 0 Å². The summed E-state index contributed by atoms with van der Waals surface area (Å²) in [5.74, 6) is 0. The van der Waals surface area contributed by atoms with E-state index < -0.39 is 0 Å². The molecule has 1 aromatic carbocycles. The predicted molar refractivity (Wildman–Crippen MR) is 69.1 cm³/mol. The number of nitrogens with zero attached hydrogens (tertiary/aromatic N) is 2. The number of para-hydroxylation sites is 1. The van der Waals surface area contributed by atoms with Gasteiger partial charge in [-0.25, -0.2) is 4.99 Å². The van der Waals surface area contributed by atoms with Gasteiger partial charge in [0.25, 0.3) is 0 Å². The molecule has 2 nitrogen and oxygen atoms in total. The molecule has 0 radical (unpaired) electrons. The molecular formula is C13H16N2S. The predicted octanol–water partition coefficient (Wildman–Crippen LogP) is 3.19. The minimum atomic E-state index is 1.02. The van der Waals surface area contributed by atoms with Crippen LogP contribution >= 0.6 is 11.3 Å². The maximum Gasteiger partial charge on any atom is 0.189 e. The van der Waals surface area contributed by atoms with Crippen molar-refractivity contribution in [3.63, 3.8) is 0 Å². The summed E-state index contributed by atoms with van der Waals surface area (Å²) in [5.41, 5.74) is 3.63. The van der Waals surface area contributed by atoms with Crippen LogP contribution in [0, 0.1) is 6.92 Å². The lowest BCUT2D eigenvalue weighted by Crippen LogP contribution is -2.11. The Balaban J connectivity index is 2.54. The average Bonchev–Trinajstić information content (AvgIpc) is 2.62. The molecule has 84 valence electrons. The average molecular weight is 232 g/mol. The van der Waals surface area contributed by atoms with Crippen molar-refractivity contribution in [2.24, 2.45) is 12.0 Å². The Morgan fingerprint density at radius 3 is 2.69 bits per heavy atom. The summed E-state index contributed by atoms with van der Waals surface area (Å²) in [6.45, 7) is 4.26. The smallest absolute Gasteiger partial charge is 0.189 e. The van der Waals surface area contributed by atoms with E-state index in [1.54, 1.807) is 11.3 Å². The summed E-state index contributed by atoms with van der Waals surface area (Å²) in [5, 5.41) is 2.13. The van der Waals surface area contributed by atoms with Crippen molar-refractivity contribution in [1.82, 2.24) is 4.57 Å². The largest absolute Gasteiger partial charge is 0.324 e. The van der Waals surface area contributed by atoms with E-state index in [4.69, 9.17) is 4.99 Å². The summed E-state index contributed by atoms with van der Waals surface area (Å²) in [7, 11) is 2.05. The first kappa shape index (κ1) is 11.1. The van der Waals surface area contributed by atoms with Crippen molar-refractivity contribution in [1.29, 1.82) is 0 Å². The van der Waals surface area contributed by atoms with Crippen molar-refractivity contribution in [2.75, 3.05) is 0 Å². The fourth-order valence-corrected chi connectivity index (χ4v) is 2.46. The van der Waals surface area contributed by atoms with Crippen molar-refractivity contribution >= 4 is 17.0 Å². The zero-order valence-corrected chi connectivity index (χ0v) is 10.7. The highest BCUT2D eigenvalue weighted by atomic mass is 32.1. The Kier molecular flexibility index (Phi) is 3.25. The molecule has 0 N–H and O–H groups in total. The lowest BCUT2D eigenvalue weighted by molar-refractivity contribution is 0.834. The zero-order valence-electron chi connectivity index (χ0n) is 9.90. The van der Waals surface area contributed by atoms with Crippen LogP contribution in [-0.4, -0.2) is 4.57 Å².